The molecule has 0 bridgehead atoms. The normalized spacial score (nSPS) is 19.4. The fraction of sp³-hybridized carbons (Fsp3) is 0.417. The van der Waals surface area contributed by atoms with Crippen molar-refractivity contribution in [1.82, 2.24) is 15.1 Å². The zero-order valence-corrected chi connectivity index (χ0v) is 16.9. The Morgan fingerprint density at radius 2 is 1.69 bits per heavy atom. The van der Waals surface area contributed by atoms with E-state index in [1.807, 2.05) is 17.9 Å². The molecule has 1 N–H and O–H groups in total. The maximum Gasteiger partial charge on any atom is 0.253 e. The van der Waals surface area contributed by atoms with Gasteiger partial charge in [0.15, 0.2) is 0 Å². The highest BCUT2D eigenvalue weighted by molar-refractivity contribution is 5.96. The number of hydrogen-bond donors (Lipinski definition) is 1. The van der Waals surface area contributed by atoms with E-state index >= 15 is 0 Å². The predicted octanol–water partition coefficient (Wildman–Crippen LogP) is 2.68. The summed E-state index contributed by atoms with van der Waals surface area (Å²) in [5.41, 5.74) is 5.87. The number of nitrogens with zero attached hydrogens (tertiary/aromatic N) is 2. The molecule has 2 aromatic carbocycles. The lowest BCUT2D eigenvalue weighted by Gasteiger charge is -2.37. The summed E-state index contributed by atoms with van der Waals surface area (Å²) >= 11 is 0. The largest absolute Gasteiger partial charge is 0.352 e. The smallest absolute Gasteiger partial charge is 0.253 e. The minimum atomic E-state index is -0.133. The lowest BCUT2D eigenvalue weighted by molar-refractivity contribution is -0.126. The molecule has 1 atom stereocenters. The average Bonchev–Trinajstić information content (AvgIpc) is 3.49. The highest BCUT2D eigenvalue weighted by Crippen LogP contribution is 2.36. The third kappa shape index (κ3) is 3.55. The van der Waals surface area contributed by atoms with Crippen LogP contribution in [0.1, 0.15) is 41.3 Å². The van der Waals surface area contributed by atoms with Crippen LogP contribution in [0.25, 0.3) is 11.1 Å². The van der Waals surface area contributed by atoms with Crippen molar-refractivity contribution in [3.63, 3.8) is 0 Å². The zero-order chi connectivity index (χ0) is 20.0. The van der Waals surface area contributed by atoms with Crippen molar-refractivity contribution in [3.8, 4) is 11.1 Å². The number of nitrogens with one attached hydrogen (secondary N) is 1. The van der Waals surface area contributed by atoms with Gasteiger partial charge in [0.05, 0.1) is 6.04 Å². The highest BCUT2D eigenvalue weighted by atomic mass is 16.2. The van der Waals surface area contributed by atoms with Crippen LogP contribution in [0.2, 0.25) is 0 Å². The van der Waals surface area contributed by atoms with E-state index in [0.29, 0.717) is 19.1 Å². The van der Waals surface area contributed by atoms with Gasteiger partial charge >= 0.3 is 0 Å². The van der Waals surface area contributed by atoms with E-state index in [9.17, 15) is 9.59 Å². The molecule has 1 unspecified atom stereocenters. The highest BCUT2D eigenvalue weighted by Gasteiger charge is 2.31. The first-order chi connectivity index (χ1) is 14.1. The Balaban J connectivity index is 1.22. The minimum Gasteiger partial charge on any atom is -0.352 e. The summed E-state index contributed by atoms with van der Waals surface area (Å²) in [4.78, 5) is 29.5. The summed E-state index contributed by atoms with van der Waals surface area (Å²) in [5, 5.41) is 3.08. The number of piperazine rings is 1. The molecule has 150 valence electrons. The molecule has 0 radical (unpaired) electrons. The van der Waals surface area contributed by atoms with E-state index in [1.54, 1.807) is 0 Å². The predicted molar refractivity (Wildman–Crippen MR) is 113 cm³/mol. The Labute approximate surface area is 171 Å². The van der Waals surface area contributed by atoms with Crippen molar-refractivity contribution in [2.45, 2.75) is 38.3 Å². The Hall–Kier alpha value is -2.66. The van der Waals surface area contributed by atoms with Gasteiger partial charge in [0, 0.05) is 37.8 Å². The molecule has 2 fully saturated rings. The molecule has 1 saturated heterocycles. The molecule has 5 rings (SSSR count). The van der Waals surface area contributed by atoms with Crippen molar-refractivity contribution >= 4 is 11.8 Å². The summed E-state index contributed by atoms with van der Waals surface area (Å²) < 4.78 is 0. The summed E-state index contributed by atoms with van der Waals surface area (Å²) in [5.74, 6) is 0.212. The van der Waals surface area contributed by atoms with Crippen LogP contribution in [-0.4, -0.2) is 59.9 Å². The van der Waals surface area contributed by atoms with E-state index in [4.69, 9.17) is 0 Å². The van der Waals surface area contributed by atoms with Gasteiger partial charge in [-0.2, -0.15) is 0 Å². The van der Waals surface area contributed by atoms with Crippen LogP contribution >= 0.6 is 0 Å². The van der Waals surface area contributed by atoms with Crippen LogP contribution in [0.5, 0.6) is 0 Å². The Morgan fingerprint density at radius 3 is 2.45 bits per heavy atom. The van der Waals surface area contributed by atoms with Crippen LogP contribution in [0, 0.1) is 0 Å². The number of hydrogen-bond acceptors (Lipinski definition) is 3. The molecular weight excluding hydrogens is 362 g/mol. The van der Waals surface area contributed by atoms with Gasteiger partial charge in [-0.15, -0.1) is 0 Å². The van der Waals surface area contributed by atoms with E-state index in [-0.39, 0.29) is 17.9 Å². The van der Waals surface area contributed by atoms with Gasteiger partial charge in [-0.05, 0) is 60.6 Å². The van der Waals surface area contributed by atoms with E-state index in [0.717, 1.165) is 37.9 Å². The molecule has 0 aromatic heterocycles. The molecule has 2 amide bonds. The van der Waals surface area contributed by atoms with E-state index in [1.165, 1.54) is 22.3 Å². The van der Waals surface area contributed by atoms with Gasteiger partial charge in [0.1, 0.15) is 0 Å². The maximum atomic E-state index is 13.1. The van der Waals surface area contributed by atoms with Crippen LogP contribution < -0.4 is 5.32 Å². The summed E-state index contributed by atoms with van der Waals surface area (Å²) in [7, 11) is 0. The topological polar surface area (TPSA) is 52.7 Å². The number of amides is 2. The van der Waals surface area contributed by atoms with Crippen LogP contribution in [0.3, 0.4) is 0 Å². The van der Waals surface area contributed by atoms with Crippen LogP contribution in [0.15, 0.2) is 42.5 Å². The number of rotatable bonds is 4. The second kappa shape index (κ2) is 7.30. The second-order valence-electron chi connectivity index (χ2n) is 8.49. The molecule has 2 aliphatic carbocycles. The molecule has 3 aliphatic rings. The minimum absolute atomic E-state index is 0.0958. The van der Waals surface area contributed by atoms with Crippen molar-refractivity contribution < 1.29 is 9.59 Å². The Morgan fingerprint density at radius 1 is 0.966 bits per heavy atom. The van der Waals surface area contributed by atoms with Gasteiger partial charge < -0.3 is 10.2 Å². The van der Waals surface area contributed by atoms with Crippen molar-refractivity contribution in [2.75, 3.05) is 26.2 Å². The lowest BCUT2D eigenvalue weighted by Crippen LogP contribution is -2.55. The zero-order valence-electron chi connectivity index (χ0n) is 16.9. The fourth-order valence-electron chi connectivity index (χ4n) is 4.49. The molecule has 5 nitrogen and oxygen atoms in total. The molecule has 1 aliphatic heterocycles. The molecular formula is C24H27N3O2. The monoisotopic (exact) mass is 389 g/mol. The van der Waals surface area contributed by atoms with Gasteiger partial charge in [0.2, 0.25) is 5.91 Å². The third-order valence-corrected chi connectivity index (χ3v) is 6.49. The van der Waals surface area contributed by atoms with E-state index < -0.39 is 0 Å². The van der Waals surface area contributed by atoms with Gasteiger partial charge in [-0.25, -0.2) is 0 Å². The van der Waals surface area contributed by atoms with Gasteiger partial charge in [0.25, 0.3) is 5.91 Å². The van der Waals surface area contributed by atoms with Crippen LogP contribution in [0.4, 0.5) is 0 Å². The maximum absolute atomic E-state index is 13.1. The first-order valence-corrected chi connectivity index (χ1v) is 10.6. The number of benzene rings is 2. The number of carbonyl (C=O) groups is 2. The summed E-state index contributed by atoms with van der Waals surface area (Å²) in [6.07, 6.45) is 3.10. The first-order valence-electron chi connectivity index (χ1n) is 10.6. The fourth-order valence-corrected chi connectivity index (χ4v) is 4.49. The SMILES string of the molecule is CC(C(=O)NC1CC1)N1CCN(C(=O)c2ccc3c(c2)Cc2ccccc2-3)CC1. The quantitative estimate of drug-likeness (QED) is 0.746. The summed E-state index contributed by atoms with van der Waals surface area (Å²) in [6, 6.07) is 14.8. The summed E-state index contributed by atoms with van der Waals surface area (Å²) in [6.45, 7) is 4.77. The van der Waals surface area contributed by atoms with E-state index in [2.05, 4.69) is 46.6 Å². The van der Waals surface area contributed by atoms with Gasteiger partial charge in [-0.3, -0.25) is 14.5 Å². The third-order valence-electron chi connectivity index (χ3n) is 6.49. The molecule has 5 heteroatoms. The molecule has 2 aromatic rings. The molecule has 1 heterocycles. The van der Waals surface area contributed by atoms with Gasteiger partial charge in [-0.1, -0.05) is 30.3 Å². The molecule has 0 spiro atoms. The average molecular weight is 389 g/mol. The first kappa shape index (κ1) is 18.4. The van der Waals surface area contributed by atoms with Crippen molar-refractivity contribution in [3.05, 3.63) is 59.2 Å². The standard InChI is InChI=1S/C24H27N3O2/c1-16(23(28)25-20-7-8-20)26-10-12-27(13-11-26)24(29)18-6-9-22-19(15-18)14-17-4-2-3-5-21(17)22/h2-6,9,15-16,20H,7-8,10-14H2,1H3,(H,25,28). The Kier molecular flexibility index (Phi) is 4.63. The van der Waals surface area contributed by atoms with Crippen molar-refractivity contribution in [2.24, 2.45) is 0 Å². The number of fused-ring (bicyclic) bond motifs is 3. The number of carbonyl (C=O) groups excluding carboxylic acids is 2. The second-order valence-corrected chi connectivity index (χ2v) is 8.49. The Bertz CT molecular complexity index is 958. The van der Waals surface area contributed by atoms with Crippen molar-refractivity contribution in [1.29, 1.82) is 0 Å². The molecule has 1 saturated carbocycles. The molecule has 29 heavy (non-hydrogen) atoms. The lowest BCUT2D eigenvalue weighted by atomic mass is 10.0. The van der Waals surface area contributed by atoms with Crippen LogP contribution in [-0.2, 0) is 11.2 Å².